The molecule has 0 fully saturated rings. The predicted molar refractivity (Wildman–Crippen MR) is 146 cm³/mol. The molecule has 0 aliphatic carbocycles. The molecule has 9 heteroatoms. The highest BCUT2D eigenvalue weighted by molar-refractivity contribution is 5.91. The maximum Gasteiger partial charge on any atom is 0.283 e. The topological polar surface area (TPSA) is 111 Å². The summed E-state index contributed by atoms with van der Waals surface area (Å²) in [4.78, 5) is 31.4. The van der Waals surface area contributed by atoms with Gasteiger partial charge in [0.2, 0.25) is 11.7 Å². The zero-order valence-corrected chi connectivity index (χ0v) is 22.0. The lowest BCUT2D eigenvalue weighted by atomic mass is 9.97. The van der Waals surface area contributed by atoms with Gasteiger partial charge in [0.25, 0.3) is 5.56 Å². The fourth-order valence-corrected chi connectivity index (χ4v) is 4.58. The number of rotatable bonds is 6. The third-order valence-electron chi connectivity index (χ3n) is 6.72. The Morgan fingerprint density at radius 3 is 2.45 bits per heavy atom. The summed E-state index contributed by atoms with van der Waals surface area (Å²) in [6.07, 6.45) is 2.71. The van der Waals surface area contributed by atoms with Crippen molar-refractivity contribution in [2.45, 2.75) is 46.3 Å². The van der Waals surface area contributed by atoms with Crippen molar-refractivity contribution in [3.05, 3.63) is 87.3 Å². The van der Waals surface area contributed by atoms with Crippen LogP contribution in [-0.4, -0.2) is 43.4 Å². The molecule has 1 aliphatic heterocycles. The number of benzene rings is 2. The lowest BCUT2D eigenvalue weighted by molar-refractivity contribution is -0.116. The minimum Gasteiger partial charge on any atom is -0.386 e. The van der Waals surface area contributed by atoms with Gasteiger partial charge in [-0.2, -0.15) is 9.50 Å². The van der Waals surface area contributed by atoms with E-state index in [1.165, 1.54) is 4.52 Å². The highest BCUT2D eigenvalue weighted by Gasteiger charge is 2.23. The molecule has 38 heavy (non-hydrogen) atoms. The van der Waals surface area contributed by atoms with E-state index >= 15 is 0 Å². The van der Waals surface area contributed by atoms with E-state index in [0.29, 0.717) is 48.0 Å². The van der Waals surface area contributed by atoms with Crippen LogP contribution in [0.1, 0.15) is 42.7 Å². The number of nitrogens with zero attached hydrogens (tertiary/aromatic N) is 4. The van der Waals surface area contributed by atoms with Crippen molar-refractivity contribution in [2.75, 3.05) is 18.5 Å². The Labute approximate surface area is 220 Å². The number of hydrogen-bond donors (Lipinski definition) is 2. The molecule has 0 unspecified atom stereocenters. The third-order valence-corrected chi connectivity index (χ3v) is 6.72. The summed E-state index contributed by atoms with van der Waals surface area (Å²) in [6, 6.07) is 14.8. The van der Waals surface area contributed by atoms with Crippen LogP contribution in [0.2, 0.25) is 0 Å². The molecule has 196 valence electrons. The summed E-state index contributed by atoms with van der Waals surface area (Å²) in [7, 11) is 0. The molecule has 0 spiro atoms. The average Bonchev–Trinajstić information content (AvgIpc) is 3.34. The molecule has 5 rings (SSSR count). The second-order valence-corrected chi connectivity index (χ2v) is 10.1. The number of amides is 1. The van der Waals surface area contributed by atoms with Crippen molar-refractivity contribution in [1.82, 2.24) is 19.2 Å². The van der Waals surface area contributed by atoms with Crippen molar-refractivity contribution < 1.29 is 14.6 Å². The zero-order valence-electron chi connectivity index (χ0n) is 22.0. The first kappa shape index (κ1) is 25.6. The largest absolute Gasteiger partial charge is 0.386 e. The van der Waals surface area contributed by atoms with Gasteiger partial charge in [-0.15, -0.1) is 5.10 Å². The van der Waals surface area contributed by atoms with E-state index < -0.39 is 5.60 Å². The van der Waals surface area contributed by atoms with Gasteiger partial charge in [0.15, 0.2) is 5.82 Å². The Morgan fingerprint density at radius 1 is 1.11 bits per heavy atom. The zero-order chi connectivity index (χ0) is 27.0. The molecule has 1 amide bonds. The molecule has 3 heterocycles. The van der Waals surface area contributed by atoms with Crippen LogP contribution in [0.5, 0.6) is 0 Å². The van der Waals surface area contributed by atoms with Crippen LogP contribution in [0, 0.1) is 13.8 Å². The molecule has 4 aromatic rings. The monoisotopic (exact) mass is 513 g/mol. The molecular formula is C29H31N5O4. The van der Waals surface area contributed by atoms with Crippen LogP contribution in [0.15, 0.2) is 59.4 Å². The number of fused-ring (bicyclic) bond motifs is 1. The summed E-state index contributed by atoms with van der Waals surface area (Å²) in [5.74, 6) is 0.373. The van der Waals surface area contributed by atoms with Crippen LogP contribution < -0.4 is 10.9 Å². The van der Waals surface area contributed by atoms with Gasteiger partial charge in [-0.05, 0) is 57.4 Å². The summed E-state index contributed by atoms with van der Waals surface area (Å²) in [6.45, 7) is 8.10. The standard InChI is InChI=1S/C29H31N5O4/c1-18-7-13-23(14-8-18)30-24(35)16-33-19(2)25(21-6-5-15-38-17-21)27(36)34-28(33)31-26(32-34)20-9-11-22(12-10-20)29(3,4)37/h6-14,37H,5,15-17H2,1-4H3,(H,30,35). The summed E-state index contributed by atoms with van der Waals surface area (Å²) < 4.78 is 8.60. The van der Waals surface area contributed by atoms with Crippen molar-refractivity contribution in [1.29, 1.82) is 0 Å². The number of nitrogens with one attached hydrogen (secondary N) is 1. The number of hydrogen-bond acceptors (Lipinski definition) is 6. The molecule has 0 atom stereocenters. The van der Waals surface area contributed by atoms with Gasteiger partial charge >= 0.3 is 0 Å². The predicted octanol–water partition coefficient (Wildman–Crippen LogP) is 3.84. The maximum atomic E-state index is 13.7. The van der Waals surface area contributed by atoms with Gasteiger partial charge in [-0.25, -0.2) is 0 Å². The van der Waals surface area contributed by atoms with E-state index in [0.717, 1.165) is 16.7 Å². The summed E-state index contributed by atoms with van der Waals surface area (Å²) >= 11 is 0. The van der Waals surface area contributed by atoms with Crippen molar-refractivity contribution in [2.24, 2.45) is 0 Å². The first-order valence-electron chi connectivity index (χ1n) is 12.6. The lowest BCUT2D eigenvalue weighted by Gasteiger charge is -2.19. The molecule has 2 N–H and O–H groups in total. The second kappa shape index (κ2) is 10.00. The minimum absolute atomic E-state index is 0.0552. The summed E-state index contributed by atoms with van der Waals surface area (Å²) in [5.41, 5.74) is 3.80. The lowest BCUT2D eigenvalue weighted by Crippen LogP contribution is -2.30. The second-order valence-electron chi connectivity index (χ2n) is 10.1. The molecule has 0 radical (unpaired) electrons. The number of carbonyl (C=O) groups is 1. The van der Waals surface area contributed by atoms with Crippen molar-refractivity contribution in [3.63, 3.8) is 0 Å². The van der Waals surface area contributed by atoms with Crippen LogP contribution in [0.4, 0.5) is 5.69 Å². The number of carbonyl (C=O) groups excluding carboxylic acids is 1. The first-order chi connectivity index (χ1) is 18.1. The molecule has 2 aromatic heterocycles. The molecule has 0 bridgehead atoms. The van der Waals surface area contributed by atoms with Crippen LogP contribution in [0.25, 0.3) is 22.7 Å². The van der Waals surface area contributed by atoms with Gasteiger partial charge in [-0.3, -0.25) is 9.59 Å². The molecule has 0 saturated heterocycles. The van der Waals surface area contributed by atoms with Gasteiger partial charge in [0, 0.05) is 16.9 Å². The number of ether oxygens (including phenoxy) is 1. The van der Waals surface area contributed by atoms with Gasteiger partial charge < -0.3 is 19.7 Å². The van der Waals surface area contributed by atoms with E-state index in [9.17, 15) is 14.7 Å². The fourth-order valence-electron chi connectivity index (χ4n) is 4.58. The third kappa shape index (κ3) is 5.03. The van der Waals surface area contributed by atoms with Crippen LogP contribution >= 0.6 is 0 Å². The number of aromatic nitrogens is 4. The smallest absolute Gasteiger partial charge is 0.283 e. The van der Waals surface area contributed by atoms with Gasteiger partial charge in [0.05, 0.1) is 24.4 Å². The normalized spacial score (nSPS) is 14.0. The Kier molecular flexibility index (Phi) is 6.73. The van der Waals surface area contributed by atoms with E-state index in [4.69, 9.17) is 4.74 Å². The molecule has 9 nitrogen and oxygen atoms in total. The van der Waals surface area contributed by atoms with E-state index in [1.54, 1.807) is 18.4 Å². The Hall–Kier alpha value is -4.08. The Balaban J connectivity index is 1.60. The van der Waals surface area contributed by atoms with E-state index in [1.807, 2.05) is 68.5 Å². The maximum absolute atomic E-state index is 13.7. The van der Waals surface area contributed by atoms with E-state index in [2.05, 4.69) is 15.4 Å². The fraction of sp³-hybridized carbons (Fsp3) is 0.310. The molecule has 2 aromatic carbocycles. The van der Waals surface area contributed by atoms with Gasteiger partial charge in [-0.1, -0.05) is 48.0 Å². The SMILES string of the molecule is Cc1ccc(NC(=O)Cn2c(C)c(C3=CCCOC3)c(=O)n3nc(-c4ccc(C(C)(C)O)cc4)nc23)cc1. The minimum atomic E-state index is -0.983. The van der Waals surface area contributed by atoms with Crippen LogP contribution in [-0.2, 0) is 21.7 Å². The average molecular weight is 514 g/mol. The molecule has 0 saturated carbocycles. The number of aliphatic hydroxyl groups is 1. The molecular weight excluding hydrogens is 482 g/mol. The number of anilines is 1. The highest BCUT2D eigenvalue weighted by atomic mass is 16.5. The van der Waals surface area contributed by atoms with Gasteiger partial charge in [0.1, 0.15) is 6.54 Å². The number of aryl methyl sites for hydroxylation is 1. The quantitative estimate of drug-likeness (QED) is 0.405. The van der Waals surface area contributed by atoms with Crippen LogP contribution in [0.3, 0.4) is 0 Å². The summed E-state index contributed by atoms with van der Waals surface area (Å²) in [5, 5.41) is 17.8. The van der Waals surface area contributed by atoms with Crippen molar-refractivity contribution >= 4 is 22.9 Å². The van der Waals surface area contributed by atoms with E-state index in [-0.39, 0.29) is 23.8 Å². The highest BCUT2D eigenvalue weighted by Crippen LogP contribution is 2.25. The first-order valence-corrected chi connectivity index (χ1v) is 12.6. The molecule has 1 aliphatic rings. The Bertz CT molecular complexity index is 1590. The Morgan fingerprint density at radius 2 is 1.82 bits per heavy atom. The van der Waals surface area contributed by atoms with Crippen molar-refractivity contribution in [3.8, 4) is 11.4 Å².